The van der Waals surface area contributed by atoms with E-state index >= 15 is 0 Å². The Balaban J connectivity index is 2.10. The lowest BCUT2D eigenvalue weighted by Gasteiger charge is -2.32. The molecule has 0 aromatic carbocycles. The average molecular weight is 302 g/mol. The first-order valence-corrected chi connectivity index (χ1v) is 8.00. The van der Waals surface area contributed by atoms with Gasteiger partial charge in [0.1, 0.15) is 6.61 Å². The highest BCUT2D eigenvalue weighted by Gasteiger charge is 2.30. The SMILES string of the molecule is COCC(=O)NC[C@@H]1CN(S(C)(=O)=O)Cc2ccnn21. The van der Waals surface area contributed by atoms with Gasteiger partial charge in [0, 0.05) is 26.4 Å². The third kappa shape index (κ3) is 3.35. The number of sulfonamides is 1. The summed E-state index contributed by atoms with van der Waals surface area (Å²) in [5.74, 6) is -0.238. The van der Waals surface area contributed by atoms with Crippen molar-refractivity contribution in [2.24, 2.45) is 0 Å². The lowest BCUT2D eigenvalue weighted by molar-refractivity contribution is -0.124. The van der Waals surface area contributed by atoms with Gasteiger partial charge in [0.05, 0.1) is 24.5 Å². The molecule has 20 heavy (non-hydrogen) atoms. The minimum atomic E-state index is -3.27. The molecule has 1 aromatic rings. The van der Waals surface area contributed by atoms with Gasteiger partial charge in [-0.3, -0.25) is 9.48 Å². The quantitative estimate of drug-likeness (QED) is 0.750. The number of ether oxygens (including phenoxy) is 1. The molecule has 0 unspecified atom stereocenters. The van der Waals surface area contributed by atoms with Crippen LogP contribution in [-0.4, -0.2) is 61.5 Å². The van der Waals surface area contributed by atoms with Crippen molar-refractivity contribution in [2.45, 2.75) is 12.6 Å². The van der Waals surface area contributed by atoms with Gasteiger partial charge < -0.3 is 10.1 Å². The lowest BCUT2D eigenvalue weighted by atomic mass is 10.2. The highest BCUT2D eigenvalue weighted by Crippen LogP contribution is 2.21. The third-order valence-electron chi connectivity index (χ3n) is 3.13. The Morgan fingerprint density at radius 3 is 3.00 bits per heavy atom. The monoisotopic (exact) mass is 302 g/mol. The number of nitrogens with zero attached hydrogens (tertiary/aromatic N) is 3. The normalized spacial score (nSPS) is 19.6. The van der Waals surface area contributed by atoms with Gasteiger partial charge in [0.15, 0.2) is 0 Å². The van der Waals surface area contributed by atoms with Crippen molar-refractivity contribution in [2.75, 3.05) is 33.1 Å². The van der Waals surface area contributed by atoms with Gasteiger partial charge in [-0.05, 0) is 6.07 Å². The number of aromatic nitrogens is 2. The first-order chi connectivity index (χ1) is 9.41. The van der Waals surface area contributed by atoms with Gasteiger partial charge in [-0.25, -0.2) is 8.42 Å². The van der Waals surface area contributed by atoms with Crippen LogP contribution < -0.4 is 5.32 Å². The highest BCUT2D eigenvalue weighted by molar-refractivity contribution is 7.88. The zero-order valence-electron chi connectivity index (χ0n) is 11.4. The topological polar surface area (TPSA) is 93.5 Å². The van der Waals surface area contributed by atoms with E-state index in [1.807, 2.05) is 0 Å². The predicted octanol–water partition coefficient (Wildman–Crippen LogP) is -1.04. The van der Waals surface area contributed by atoms with Crippen LogP contribution in [-0.2, 0) is 26.1 Å². The summed E-state index contributed by atoms with van der Waals surface area (Å²) < 4.78 is 31.3. The number of carbonyl (C=O) groups excluding carboxylic acids is 1. The summed E-state index contributed by atoms with van der Waals surface area (Å²) in [4.78, 5) is 11.4. The Morgan fingerprint density at radius 2 is 2.35 bits per heavy atom. The van der Waals surface area contributed by atoms with Gasteiger partial charge >= 0.3 is 0 Å². The predicted molar refractivity (Wildman–Crippen MR) is 71.4 cm³/mol. The van der Waals surface area contributed by atoms with E-state index in [0.29, 0.717) is 19.6 Å². The summed E-state index contributed by atoms with van der Waals surface area (Å²) >= 11 is 0. The zero-order valence-corrected chi connectivity index (χ0v) is 12.3. The van der Waals surface area contributed by atoms with E-state index < -0.39 is 10.0 Å². The number of carbonyl (C=O) groups is 1. The maximum absolute atomic E-state index is 11.7. The molecule has 8 nitrogen and oxygen atoms in total. The van der Waals surface area contributed by atoms with Gasteiger partial charge in [-0.15, -0.1) is 0 Å². The van der Waals surface area contributed by atoms with Gasteiger partial charge in [-0.2, -0.15) is 9.40 Å². The number of methoxy groups -OCH3 is 1. The van der Waals surface area contributed by atoms with Crippen molar-refractivity contribution in [3.05, 3.63) is 18.0 Å². The Kier molecular flexibility index (Phi) is 4.41. The second-order valence-electron chi connectivity index (χ2n) is 4.71. The van der Waals surface area contributed by atoms with Crippen LogP contribution in [0, 0.1) is 0 Å². The molecule has 9 heteroatoms. The van der Waals surface area contributed by atoms with E-state index in [-0.39, 0.29) is 18.6 Å². The van der Waals surface area contributed by atoms with Crippen molar-refractivity contribution in [1.82, 2.24) is 19.4 Å². The van der Waals surface area contributed by atoms with E-state index in [1.165, 1.54) is 17.7 Å². The number of fused-ring (bicyclic) bond motifs is 1. The van der Waals surface area contributed by atoms with Crippen molar-refractivity contribution in [3.63, 3.8) is 0 Å². The largest absolute Gasteiger partial charge is 0.375 e. The molecule has 2 heterocycles. The third-order valence-corrected chi connectivity index (χ3v) is 4.35. The van der Waals surface area contributed by atoms with Crippen LogP contribution in [0.3, 0.4) is 0 Å². The second-order valence-corrected chi connectivity index (χ2v) is 6.70. The minimum Gasteiger partial charge on any atom is -0.375 e. The fourth-order valence-electron chi connectivity index (χ4n) is 2.17. The van der Waals surface area contributed by atoms with E-state index in [0.717, 1.165) is 5.69 Å². The van der Waals surface area contributed by atoms with Crippen molar-refractivity contribution >= 4 is 15.9 Å². The first-order valence-electron chi connectivity index (χ1n) is 6.15. The fraction of sp³-hybridized carbons (Fsp3) is 0.636. The van der Waals surface area contributed by atoms with Crippen LogP contribution in [0.5, 0.6) is 0 Å². The highest BCUT2D eigenvalue weighted by atomic mass is 32.2. The Hall–Kier alpha value is -1.45. The van der Waals surface area contributed by atoms with Crippen LogP contribution in [0.15, 0.2) is 12.3 Å². The second kappa shape index (κ2) is 5.90. The molecule has 0 saturated carbocycles. The standard InChI is InChI=1S/C11H18N4O4S/c1-19-8-11(16)12-5-10-7-14(20(2,17)18)6-9-3-4-13-15(9)10/h3-4,10H,5-8H2,1-2H3,(H,12,16)/t10-/m1/s1. The summed E-state index contributed by atoms with van der Waals surface area (Å²) in [7, 11) is -1.83. The molecular formula is C11H18N4O4S. The summed E-state index contributed by atoms with van der Waals surface area (Å²) in [5.41, 5.74) is 0.813. The molecule has 0 radical (unpaired) electrons. The Morgan fingerprint density at radius 1 is 1.60 bits per heavy atom. The molecule has 1 aliphatic heterocycles. The maximum Gasteiger partial charge on any atom is 0.246 e. The fourth-order valence-corrected chi connectivity index (χ4v) is 2.98. The molecule has 0 bridgehead atoms. The number of hydrogen-bond donors (Lipinski definition) is 1. The summed E-state index contributed by atoms with van der Waals surface area (Å²) in [6, 6.07) is 1.56. The molecule has 1 aliphatic rings. The van der Waals surface area contributed by atoms with Crippen LogP contribution in [0.25, 0.3) is 0 Å². The number of amides is 1. The minimum absolute atomic E-state index is 0.0194. The van der Waals surface area contributed by atoms with Crippen LogP contribution >= 0.6 is 0 Å². The van der Waals surface area contributed by atoms with Gasteiger partial charge in [0.25, 0.3) is 0 Å². The summed E-state index contributed by atoms with van der Waals surface area (Å²) in [5, 5.41) is 6.90. The Labute approximate surface area is 117 Å². The molecule has 0 aliphatic carbocycles. The van der Waals surface area contributed by atoms with Crippen molar-refractivity contribution < 1.29 is 17.9 Å². The maximum atomic E-state index is 11.7. The van der Waals surface area contributed by atoms with Crippen LogP contribution in [0.2, 0.25) is 0 Å². The van der Waals surface area contributed by atoms with Crippen LogP contribution in [0.1, 0.15) is 11.7 Å². The molecule has 0 fully saturated rings. The van der Waals surface area contributed by atoms with E-state index in [2.05, 4.69) is 10.4 Å². The molecule has 1 amide bonds. The number of hydrogen-bond acceptors (Lipinski definition) is 5. The van der Waals surface area contributed by atoms with Gasteiger partial charge in [-0.1, -0.05) is 0 Å². The molecular weight excluding hydrogens is 284 g/mol. The zero-order chi connectivity index (χ0) is 14.8. The molecule has 112 valence electrons. The van der Waals surface area contributed by atoms with Crippen molar-refractivity contribution in [3.8, 4) is 0 Å². The van der Waals surface area contributed by atoms with Gasteiger partial charge in [0.2, 0.25) is 15.9 Å². The first kappa shape index (κ1) is 14.9. The average Bonchev–Trinajstić information content (AvgIpc) is 2.83. The van der Waals surface area contributed by atoms with E-state index in [9.17, 15) is 13.2 Å². The molecule has 1 atom stereocenters. The molecule has 0 saturated heterocycles. The molecule has 1 aromatic heterocycles. The van der Waals surface area contributed by atoms with Crippen molar-refractivity contribution in [1.29, 1.82) is 0 Å². The number of rotatable bonds is 5. The summed E-state index contributed by atoms with van der Waals surface area (Å²) in [6.07, 6.45) is 2.81. The smallest absolute Gasteiger partial charge is 0.246 e. The lowest BCUT2D eigenvalue weighted by Crippen LogP contribution is -2.45. The molecule has 0 spiro atoms. The Bertz CT molecular complexity index is 583. The molecule has 2 rings (SSSR count). The van der Waals surface area contributed by atoms with E-state index in [1.54, 1.807) is 16.9 Å². The molecule has 1 N–H and O–H groups in total. The number of nitrogens with one attached hydrogen (secondary N) is 1. The van der Waals surface area contributed by atoms with Crippen LogP contribution in [0.4, 0.5) is 0 Å². The van der Waals surface area contributed by atoms with E-state index in [4.69, 9.17) is 4.74 Å². The summed E-state index contributed by atoms with van der Waals surface area (Å²) in [6.45, 7) is 0.888.